The van der Waals surface area contributed by atoms with Crippen molar-refractivity contribution in [2.75, 3.05) is 46.0 Å². The number of nitrogens with one attached hydrogen (secondary N) is 1. The zero-order valence-electron chi connectivity index (χ0n) is 13.5. The first kappa shape index (κ1) is 16.2. The summed E-state index contributed by atoms with van der Waals surface area (Å²) < 4.78 is 11.2. The molecule has 0 spiro atoms. The molecule has 2 rings (SSSR count). The van der Waals surface area contributed by atoms with Gasteiger partial charge in [0.1, 0.15) is 0 Å². The molecule has 0 aromatic carbocycles. The van der Waals surface area contributed by atoms with Crippen molar-refractivity contribution >= 4 is 0 Å². The number of hydrogen-bond acceptors (Lipinski definition) is 4. The highest BCUT2D eigenvalue weighted by Gasteiger charge is 2.50. The number of morpholine rings is 1. The van der Waals surface area contributed by atoms with Gasteiger partial charge in [0.25, 0.3) is 0 Å². The molecule has 0 aromatic rings. The third kappa shape index (κ3) is 3.73. The molecule has 3 atom stereocenters. The molecule has 4 heteroatoms. The standard InChI is InChI=1S/C16H32N2O2/c1-4-16(3)14(13-15(16)20-5-2)17-7-6-8-18-9-11-19-12-10-18/h14-15,17H,4-13H2,1-3H3. The van der Waals surface area contributed by atoms with Gasteiger partial charge in [0.2, 0.25) is 0 Å². The van der Waals surface area contributed by atoms with E-state index in [1.54, 1.807) is 0 Å². The number of ether oxygens (including phenoxy) is 2. The highest BCUT2D eigenvalue weighted by Crippen LogP contribution is 2.45. The molecule has 0 amide bonds. The van der Waals surface area contributed by atoms with Gasteiger partial charge in [0.05, 0.1) is 19.3 Å². The Hall–Kier alpha value is -0.160. The van der Waals surface area contributed by atoms with Crippen LogP contribution in [-0.2, 0) is 9.47 Å². The van der Waals surface area contributed by atoms with Gasteiger partial charge in [-0.1, -0.05) is 13.8 Å². The van der Waals surface area contributed by atoms with Crippen molar-refractivity contribution in [2.45, 2.75) is 52.2 Å². The van der Waals surface area contributed by atoms with E-state index in [1.807, 2.05) is 0 Å². The van der Waals surface area contributed by atoms with E-state index in [2.05, 4.69) is 31.0 Å². The fraction of sp³-hybridized carbons (Fsp3) is 1.00. The van der Waals surface area contributed by atoms with Crippen LogP contribution < -0.4 is 5.32 Å². The molecule has 1 saturated carbocycles. The predicted molar refractivity (Wildman–Crippen MR) is 82.1 cm³/mol. The lowest BCUT2D eigenvalue weighted by Gasteiger charge is -2.54. The lowest BCUT2D eigenvalue weighted by Crippen LogP contribution is -2.62. The fourth-order valence-corrected chi connectivity index (χ4v) is 3.47. The monoisotopic (exact) mass is 284 g/mol. The summed E-state index contributed by atoms with van der Waals surface area (Å²) >= 11 is 0. The molecule has 1 heterocycles. The molecule has 0 radical (unpaired) electrons. The van der Waals surface area contributed by atoms with E-state index in [4.69, 9.17) is 9.47 Å². The fourth-order valence-electron chi connectivity index (χ4n) is 3.47. The number of nitrogens with zero attached hydrogens (tertiary/aromatic N) is 1. The van der Waals surface area contributed by atoms with Crippen LogP contribution in [0.1, 0.15) is 40.0 Å². The molecular weight excluding hydrogens is 252 g/mol. The molecule has 1 aliphatic carbocycles. The molecule has 0 bridgehead atoms. The SMILES string of the molecule is CCOC1CC(NCCCN2CCOCC2)C1(C)CC. The van der Waals surface area contributed by atoms with Crippen molar-refractivity contribution in [1.29, 1.82) is 0 Å². The zero-order valence-corrected chi connectivity index (χ0v) is 13.5. The Bertz CT molecular complexity index is 282. The first-order chi connectivity index (χ1) is 9.70. The highest BCUT2D eigenvalue weighted by atomic mass is 16.5. The predicted octanol–water partition coefficient (Wildman–Crippen LogP) is 1.89. The summed E-state index contributed by atoms with van der Waals surface area (Å²) in [4.78, 5) is 2.51. The van der Waals surface area contributed by atoms with Crippen molar-refractivity contribution < 1.29 is 9.47 Å². The second kappa shape index (κ2) is 7.74. The maximum Gasteiger partial charge on any atom is 0.0658 e. The van der Waals surface area contributed by atoms with Gasteiger partial charge in [-0.3, -0.25) is 4.90 Å². The van der Waals surface area contributed by atoms with Gasteiger partial charge in [-0.25, -0.2) is 0 Å². The van der Waals surface area contributed by atoms with Crippen LogP contribution in [0.2, 0.25) is 0 Å². The average Bonchev–Trinajstić information content (AvgIpc) is 2.49. The Morgan fingerprint density at radius 1 is 1.30 bits per heavy atom. The third-order valence-corrected chi connectivity index (χ3v) is 5.26. The van der Waals surface area contributed by atoms with Gasteiger partial charge in [0, 0.05) is 31.2 Å². The normalized spacial score (nSPS) is 35.0. The van der Waals surface area contributed by atoms with Crippen molar-refractivity contribution in [3.8, 4) is 0 Å². The van der Waals surface area contributed by atoms with Gasteiger partial charge < -0.3 is 14.8 Å². The van der Waals surface area contributed by atoms with Gasteiger partial charge in [-0.05, 0) is 39.3 Å². The summed E-state index contributed by atoms with van der Waals surface area (Å²) in [6.07, 6.45) is 4.05. The van der Waals surface area contributed by atoms with Crippen LogP contribution in [0.3, 0.4) is 0 Å². The van der Waals surface area contributed by atoms with Crippen molar-refractivity contribution in [1.82, 2.24) is 10.2 Å². The first-order valence-electron chi connectivity index (χ1n) is 8.35. The summed E-state index contributed by atoms with van der Waals surface area (Å²) in [6.45, 7) is 13.9. The minimum Gasteiger partial charge on any atom is -0.379 e. The van der Waals surface area contributed by atoms with Gasteiger partial charge in [0.15, 0.2) is 0 Å². The van der Waals surface area contributed by atoms with Crippen LogP contribution in [0.4, 0.5) is 0 Å². The Labute approximate surface area is 124 Å². The molecule has 1 aliphatic heterocycles. The summed E-state index contributed by atoms with van der Waals surface area (Å²) in [5.74, 6) is 0. The van der Waals surface area contributed by atoms with E-state index in [0.717, 1.165) is 39.5 Å². The quantitative estimate of drug-likeness (QED) is 0.690. The van der Waals surface area contributed by atoms with Crippen molar-refractivity contribution in [2.24, 2.45) is 5.41 Å². The molecule has 3 unspecified atom stereocenters. The van der Waals surface area contributed by atoms with E-state index in [-0.39, 0.29) is 0 Å². The molecule has 2 fully saturated rings. The summed E-state index contributed by atoms with van der Waals surface area (Å²) in [5.41, 5.74) is 0.328. The van der Waals surface area contributed by atoms with E-state index in [1.165, 1.54) is 25.8 Å². The van der Waals surface area contributed by atoms with Crippen LogP contribution in [0, 0.1) is 5.41 Å². The Kier molecular flexibility index (Phi) is 6.27. The largest absolute Gasteiger partial charge is 0.379 e. The number of hydrogen-bond donors (Lipinski definition) is 1. The van der Waals surface area contributed by atoms with Crippen LogP contribution in [0.25, 0.3) is 0 Å². The topological polar surface area (TPSA) is 33.7 Å². The van der Waals surface area contributed by atoms with Crippen LogP contribution >= 0.6 is 0 Å². The molecule has 0 aromatic heterocycles. The average molecular weight is 284 g/mol. The maximum absolute atomic E-state index is 5.85. The smallest absolute Gasteiger partial charge is 0.0658 e. The van der Waals surface area contributed by atoms with E-state index < -0.39 is 0 Å². The molecule has 1 N–H and O–H groups in total. The highest BCUT2D eigenvalue weighted by molar-refractivity contribution is 5.04. The lowest BCUT2D eigenvalue weighted by atomic mass is 9.61. The van der Waals surface area contributed by atoms with Crippen LogP contribution in [0.15, 0.2) is 0 Å². The molecule has 20 heavy (non-hydrogen) atoms. The second-order valence-electron chi connectivity index (χ2n) is 6.35. The minimum absolute atomic E-state index is 0.328. The van der Waals surface area contributed by atoms with Crippen LogP contribution in [-0.4, -0.2) is 63.0 Å². The zero-order chi connectivity index (χ0) is 14.4. The Morgan fingerprint density at radius 2 is 2.05 bits per heavy atom. The van der Waals surface area contributed by atoms with Gasteiger partial charge in [-0.2, -0.15) is 0 Å². The van der Waals surface area contributed by atoms with E-state index >= 15 is 0 Å². The molecular formula is C16H32N2O2. The van der Waals surface area contributed by atoms with Gasteiger partial charge in [-0.15, -0.1) is 0 Å². The summed E-state index contributed by atoms with van der Waals surface area (Å²) in [6, 6.07) is 0.633. The van der Waals surface area contributed by atoms with Crippen molar-refractivity contribution in [3.05, 3.63) is 0 Å². The maximum atomic E-state index is 5.85. The molecule has 4 nitrogen and oxygen atoms in total. The molecule has 118 valence electrons. The van der Waals surface area contributed by atoms with E-state index in [0.29, 0.717) is 17.6 Å². The Morgan fingerprint density at radius 3 is 2.70 bits per heavy atom. The van der Waals surface area contributed by atoms with Crippen LogP contribution in [0.5, 0.6) is 0 Å². The first-order valence-corrected chi connectivity index (χ1v) is 8.35. The Balaban J connectivity index is 1.62. The lowest BCUT2D eigenvalue weighted by molar-refractivity contribution is -0.125. The third-order valence-electron chi connectivity index (χ3n) is 5.26. The molecule has 1 saturated heterocycles. The number of rotatable bonds is 8. The summed E-state index contributed by atoms with van der Waals surface area (Å²) in [5, 5.41) is 3.75. The second-order valence-corrected chi connectivity index (χ2v) is 6.35. The molecule has 2 aliphatic rings. The summed E-state index contributed by atoms with van der Waals surface area (Å²) in [7, 11) is 0. The minimum atomic E-state index is 0.328. The van der Waals surface area contributed by atoms with Crippen molar-refractivity contribution in [3.63, 3.8) is 0 Å². The van der Waals surface area contributed by atoms with Gasteiger partial charge >= 0.3 is 0 Å². The van der Waals surface area contributed by atoms with E-state index in [9.17, 15) is 0 Å².